The lowest BCUT2D eigenvalue weighted by Crippen LogP contribution is -2.10. The molecule has 2 aromatic rings. The largest absolute Gasteiger partial charge is 0.481 e. The van der Waals surface area contributed by atoms with Crippen LogP contribution in [0.15, 0.2) is 18.3 Å². The molecule has 0 aliphatic carbocycles. The van der Waals surface area contributed by atoms with E-state index in [1.807, 2.05) is 0 Å². The number of carbonyl (C=O) groups is 1. The van der Waals surface area contributed by atoms with Gasteiger partial charge in [-0.25, -0.2) is 13.5 Å². The van der Waals surface area contributed by atoms with Crippen LogP contribution in [0.25, 0.3) is 5.69 Å². The number of aromatic nitrogens is 3. The van der Waals surface area contributed by atoms with E-state index in [1.165, 1.54) is 6.20 Å². The van der Waals surface area contributed by atoms with Gasteiger partial charge in [0.05, 0.1) is 23.3 Å². The van der Waals surface area contributed by atoms with Crippen molar-refractivity contribution in [3.63, 3.8) is 0 Å². The van der Waals surface area contributed by atoms with Gasteiger partial charge in [0.1, 0.15) is 11.5 Å². The van der Waals surface area contributed by atoms with Gasteiger partial charge < -0.3 is 5.11 Å². The van der Waals surface area contributed by atoms with E-state index in [9.17, 15) is 13.6 Å². The summed E-state index contributed by atoms with van der Waals surface area (Å²) in [5, 5.41) is 15.5. The van der Waals surface area contributed by atoms with E-state index in [0.29, 0.717) is 6.07 Å². The van der Waals surface area contributed by atoms with Gasteiger partial charge in [-0.15, -0.1) is 5.10 Å². The van der Waals surface area contributed by atoms with Crippen LogP contribution in [-0.4, -0.2) is 26.1 Å². The molecule has 1 heterocycles. The third-order valence-electron chi connectivity index (χ3n) is 2.15. The van der Waals surface area contributed by atoms with Crippen LogP contribution in [0.1, 0.15) is 5.69 Å². The third kappa shape index (κ3) is 2.30. The second-order valence-electron chi connectivity index (χ2n) is 3.43. The van der Waals surface area contributed by atoms with Crippen LogP contribution in [0.3, 0.4) is 0 Å². The summed E-state index contributed by atoms with van der Waals surface area (Å²) < 4.78 is 27.5. The molecule has 0 aliphatic rings. The topological polar surface area (TPSA) is 68.0 Å². The van der Waals surface area contributed by atoms with Gasteiger partial charge in [-0.1, -0.05) is 16.8 Å². The summed E-state index contributed by atoms with van der Waals surface area (Å²) in [6.45, 7) is 0. The molecule has 1 aromatic carbocycles. The summed E-state index contributed by atoms with van der Waals surface area (Å²) in [5.74, 6) is -2.91. The smallest absolute Gasteiger partial charge is 0.309 e. The lowest BCUT2D eigenvalue weighted by atomic mass is 10.2. The number of halogens is 3. The molecule has 0 atom stereocenters. The summed E-state index contributed by atoms with van der Waals surface area (Å²) in [6.07, 6.45) is 0.771. The minimum absolute atomic E-state index is 0.134. The molecular formula is C10H6ClF2N3O2. The molecule has 0 saturated heterocycles. The summed E-state index contributed by atoms with van der Waals surface area (Å²) >= 11 is 5.72. The fraction of sp³-hybridized carbons (Fsp3) is 0.100. The van der Waals surface area contributed by atoms with E-state index in [0.717, 1.165) is 10.7 Å². The van der Waals surface area contributed by atoms with Crippen molar-refractivity contribution in [3.8, 4) is 5.69 Å². The maximum absolute atomic E-state index is 13.6. The molecule has 0 saturated carbocycles. The van der Waals surface area contributed by atoms with E-state index in [-0.39, 0.29) is 16.4 Å². The predicted molar refractivity (Wildman–Crippen MR) is 57.6 cm³/mol. The molecule has 1 N–H and O–H groups in total. The monoisotopic (exact) mass is 273 g/mol. The van der Waals surface area contributed by atoms with Crippen LogP contribution in [0, 0.1) is 11.6 Å². The molecule has 8 heteroatoms. The quantitative estimate of drug-likeness (QED) is 0.926. The van der Waals surface area contributed by atoms with Crippen LogP contribution in [0.5, 0.6) is 0 Å². The second kappa shape index (κ2) is 4.69. The van der Waals surface area contributed by atoms with Crippen molar-refractivity contribution < 1.29 is 18.7 Å². The molecule has 0 unspecified atom stereocenters. The van der Waals surface area contributed by atoms with Crippen molar-refractivity contribution in [1.82, 2.24) is 15.0 Å². The van der Waals surface area contributed by atoms with Gasteiger partial charge in [0, 0.05) is 6.07 Å². The molecule has 1 aromatic heterocycles. The summed E-state index contributed by atoms with van der Waals surface area (Å²) in [5.41, 5.74) is -0.0956. The average molecular weight is 274 g/mol. The van der Waals surface area contributed by atoms with Gasteiger partial charge >= 0.3 is 5.97 Å². The number of nitrogens with zero attached hydrogens (tertiary/aromatic N) is 3. The van der Waals surface area contributed by atoms with Crippen molar-refractivity contribution in [3.05, 3.63) is 40.7 Å². The van der Waals surface area contributed by atoms with E-state index < -0.39 is 24.0 Å². The SMILES string of the molecule is O=C(O)Cc1cnnn1-c1c(F)cc(F)cc1Cl. The molecule has 18 heavy (non-hydrogen) atoms. The Morgan fingerprint density at radius 2 is 2.17 bits per heavy atom. The van der Waals surface area contributed by atoms with E-state index in [1.54, 1.807) is 0 Å². The zero-order chi connectivity index (χ0) is 13.3. The van der Waals surface area contributed by atoms with E-state index >= 15 is 0 Å². The van der Waals surface area contributed by atoms with Gasteiger partial charge in [0.15, 0.2) is 5.82 Å². The van der Waals surface area contributed by atoms with Crippen LogP contribution < -0.4 is 0 Å². The van der Waals surface area contributed by atoms with Crippen molar-refractivity contribution in [2.24, 2.45) is 0 Å². The predicted octanol–water partition coefficient (Wildman–Crippen LogP) is 1.83. The Morgan fingerprint density at radius 1 is 1.44 bits per heavy atom. The van der Waals surface area contributed by atoms with Crippen molar-refractivity contribution in [2.45, 2.75) is 6.42 Å². The van der Waals surface area contributed by atoms with Crippen LogP contribution in [0.4, 0.5) is 8.78 Å². The van der Waals surface area contributed by atoms with Gasteiger partial charge in [0.2, 0.25) is 0 Å². The first-order chi connectivity index (χ1) is 8.49. The molecule has 5 nitrogen and oxygen atoms in total. The molecule has 94 valence electrons. The Kier molecular flexibility index (Phi) is 3.24. The Morgan fingerprint density at radius 3 is 2.78 bits per heavy atom. The van der Waals surface area contributed by atoms with Crippen molar-refractivity contribution in [2.75, 3.05) is 0 Å². The maximum Gasteiger partial charge on any atom is 0.309 e. The van der Waals surface area contributed by atoms with Crippen molar-refractivity contribution >= 4 is 17.6 Å². The highest BCUT2D eigenvalue weighted by molar-refractivity contribution is 6.32. The zero-order valence-corrected chi connectivity index (χ0v) is 9.53. The minimum Gasteiger partial charge on any atom is -0.481 e. The van der Waals surface area contributed by atoms with Crippen molar-refractivity contribution in [1.29, 1.82) is 0 Å². The molecule has 0 bridgehead atoms. The Labute approximate surface area is 105 Å². The first kappa shape index (κ1) is 12.4. The average Bonchev–Trinajstić information content (AvgIpc) is 2.63. The lowest BCUT2D eigenvalue weighted by molar-refractivity contribution is -0.136. The molecule has 0 radical (unpaired) electrons. The third-order valence-corrected chi connectivity index (χ3v) is 2.43. The fourth-order valence-electron chi connectivity index (χ4n) is 1.46. The standard InChI is InChI=1S/C10H6ClF2N3O2/c11-7-1-5(12)2-8(13)10(7)16-6(3-9(17)18)4-14-15-16/h1-2,4H,3H2,(H,17,18). The highest BCUT2D eigenvalue weighted by Crippen LogP contribution is 2.25. The molecule has 2 rings (SSSR count). The van der Waals surface area contributed by atoms with Crippen LogP contribution >= 0.6 is 11.6 Å². The first-order valence-corrected chi connectivity index (χ1v) is 5.13. The van der Waals surface area contributed by atoms with Crippen LogP contribution in [0.2, 0.25) is 5.02 Å². The number of rotatable bonds is 3. The van der Waals surface area contributed by atoms with Gasteiger partial charge in [-0.2, -0.15) is 0 Å². The number of aliphatic carboxylic acids is 1. The number of carboxylic acids is 1. The summed E-state index contributed by atoms with van der Waals surface area (Å²) in [7, 11) is 0. The molecule has 0 aliphatic heterocycles. The Balaban J connectivity index is 2.56. The maximum atomic E-state index is 13.6. The molecule has 0 fully saturated rings. The van der Waals surface area contributed by atoms with Gasteiger partial charge in [-0.05, 0) is 6.07 Å². The normalized spacial score (nSPS) is 10.6. The van der Waals surface area contributed by atoms with Gasteiger partial charge in [-0.3, -0.25) is 4.79 Å². The van der Waals surface area contributed by atoms with E-state index in [4.69, 9.17) is 16.7 Å². The lowest BCUT2D eigenvalue weighted by Gasteiger charge is -2.08. The Hall–Kier alpha value is -2.02. The van der Waals surface area contributed by atoms with E-state index in [2.05, 4.69) is 10.3 Å². The van der Waals surface area contributed by atoms with Crippen LogP contribution in [-0.2, 0) is 11.2 Å². The second-order valence-corrected chi connectivity index (χ2v) is 3.83. The first-order valence-electron chi connectivity index (χ1n) is 4.75. The zero-order valence-electron chi connectivity index (χ0n) is 8.77. The summed E-state index contributed by atoms with van der Waals surface area (Å²) in [6, 6.07) is 1.54. The molecular weight excluding hydrogens is 268 g/mol. The number of hydrogen-bond acceptors (Lipinski definition) is 3. The highest BCUT2D eigenvalue weighted by Gasteiger charge is 2.17. The summed E-state index contributed by atoms with van der Waals surface area (Å²) in [4.78, 5) is 10.6. The highest BCUT2D eigenvalue weighted by atomic mass is 35.5. The minimum atomic E-state index is -1.13. The Bertz CT molecular complexity index is 592. The molecule has 0 amide bonds. The number of hydrogen-bond donors (Lipinski definition) is 1. The fourth-order valence-corrected chi connectivity index (χ4v) is 1.73. The number of benzene rings is 1. The number of carboxylic acid groups (broad SMARTS) is 1. The van der Waals surface area contributed by atoms with Gasteiger partial charge in [0.25, 0.3) is 0 Å². The molecule has 0 spiro atoms.